The van der Waals surface area contributed by atoms with Crippen LogP contribution in [-0.4, -0.2) is 35.0 Å². The van der Waals surface area contributed by atoms with E-state index in [2.05, 4.69) is 42.6 Å². The average molecular weight is 309 g/mol. The van der Waals surface area contributed by atoms with Crippen LogP contribution in [0.3, 0.4) is 0 Å². The van der Waals surface area contributed by atoms with Crippen molar-refractivity contribution < 1.29 is 4.79 Å². The lowest BCUT2D eigenvalue weighted by molar-refractivity contribution is 0.0950. The Labute approximate surface area is 132 Å². The van der Waals surface area contributed by atoms with Gasteiger partial charge in [-0.15, -0.1) is 0 Å². The maximum absolute atomic E-state index is 12.3. The first kappa shape index (κ1) is 17.8. The number of anilines is 1. The van der Waals surface area contributed by atoms with Gasteiger partial charge in [0, 0.05) is 29.1 Å². The van der Waals surface area contributed by atoms with Crippen LogP contribution in [0.2, 0.25) is 0 Å². The molecular formula is C16H27N3OS. The number of aryl methyl sites for hydroxylation is 1. The number of thioether (sulfide) groups is 1. The number of nitrogens with zero attached hydrogens (tertiary/aromatic N) is 1. The first-order valence-corrected chi connectivity index (χ1v) is 8.72. The normalized spacial score (nSPS) is 11.3. The zero-order valence-electron chi connectivity index (χ0n) is 13.7. The van der Waals surface area contributed by atoms with E-state index < -0.39 is 0 Å². The number of nitrogens with one attached hydrogen (secondary N) is 2. The van der Waals surface area contributed by atoms with Crippen molar-refractivity contribution in [2.45, 2.75) is 45.3 Å². The topological polar surface area (TPSA) is 54.0 Å². The molecule has 0 spiro atoms. The molecule has 0 aromatic carbocycles. The molecule has 1 heterocycles. The Hall–Kier alpha value is -1.23. The van der Waals surface area contributed by atoms with Crippen molar-refractivity contribution in [3.63, 3.8) is 0 Å². The highest BCUT2D eigenvalue weighted by molar-refractivity contribution is 7.99. The van der Waals surface area contributed by atoms with Crippen molar-refractivity contribution in [1.29, 1.82) is 0 Å². The predicted octanol–water partition coefficient (Wildman–Crippen LogP) is 3.34. The van der Waals surface area contributed by atoms with Crippen LogP contribution in [0.5, 0.6) is 0 Å². The molecule has 118 valence electrons. The number of aromatic nitrogens is 1. The molecule has 1 aromatic rings. The second kappa shape index (κ2) is 8.27. The molecule has 2 N–H and O–H groups in total. The van der Waals surface area contributed by atoms with Crippen LogP contribution in [0.4, 0.5) is 5.82 Å². The van der Waals surface area contributed by atoms with E-state index in [0.717, 1.165) is 30.9 Å². The van der Waals surface area contributed by atoms with Crippen molar-refractivity contribution in [1.82, 2.24) is 10.3 Å². The fourth-order valence-electron chi connectivity index (χ4n) is 1.71. The molecule has 0 bridgehead atoms. The minimum Gasteiger partial charge on any atom is -0.370 e. The summed E-state index contributed by atoms with van der Waals surface area (Å²) in [6, 6.07) is 3.70. The summed E-state index contributed by atoms with van der Waals surface area (Å²) in [6.45, 7) is 9.90. The van der Waals surface area contributed by atoms with E-state index in [9.17, 15) is 4.79 Å². The molecule has 1 aromatic heterocycles. The molecule has 4 nitrogen and oxygen atoms in total. The third kappa shape index (κ3) is 5.96. The third-order valence-corrected chi connectivity index (χ3v) is 4.54. The van der Waals surface area contributed by atoms with E-state index in [-0.39, 0.29) is 10.7 Å². The number of rotatable bonds is 8. The molecule has 0 atom stereocenters. The highest BCUT2D eigenvalue weighted by atomic mass is 32.2. The monoisotopic (exact) mass is 309 g/mol. The van der Waals surface area contributed by atoms with E-state index in [1.54, 1.807) is 11.8 Å². The van der Waals surface area contributed by atoms with Crippen molar-refractivity contribution >= 4 is 23.5 Å². The van der Waals surface area contributed by atoms with Gasteiger partial charge in [0.05, 0.1) is 0 Å². The Morgan fingerprint density at radius 2 is 2.05 bits per heavy atom. The highest BCUT2D eigenvalue weighted by Gasteiger charge is 2.18. The fraction of sp³-hybridized carbons (Fsp3) is 0.625. The molecule has 0 fully saturated rings. The summed E-state index contributed by atoms with van der Waals surface area (Å²) < 4.78 is 0.0412. The molecule has 1 rings (SSSR count). The second-order valence-electron chi connectivity index (χ2n) is 5.66. The molecular weight excluding hydrogens is 282 g/mol. The molecule has 5 heteroatoms. The summed E-state index contributed by atoms with van der Waals surface area (Å²) in [4.78, 5) is 16.8. The first-order valence-electron chi connectivity index (χ1n) is 7.50. The maximum Gasteiger partial charge on any atom is 0.251 e. The molecule has 21 heavy (non-hydrogen) atoms. The Morgan fingerprint density at radius 1 is 1.33 bits per heavy atom. The van der Waals surface area contributed by atoms with Gasteiger partial charge >= 0.3 is 0 Å². The first-order chi connectivity index (χ1) is 9.91. The largest absolute Gasteiger partial charge is 0.370 e. The minimum atomic E-state index is -0.0335. The van der Waals surface area contributed by atoms with E-state index >= 15 is 0 Å². The number of carbonyl (C=O) groups is 1. The molecule has 0 unspecified atom stereocenters. The van der Waals surface area contributed by atoms with Crippen LogP contribution in [0.25, 0.3) is 0 Å². The van der Waals surface area contributed by atoms with Gasteiger partial charge in [-0.25, -0.2) is 4.98 Å². The summed E-state index contributed by atoms with van der Waals surface area (Å²) in [5.74, 6) is 0.749. The molecule has 0 aliphatic heterocycles. The van der Waals surface area contributed by atoms with Crippen molar-refractivity contribution in [2.75, 3.05) is 24.7 Å². The average Bonchev–Trinajstić information content (AvgIpc) is 2.50. The van der Waals surface area contributed by atoms with Crippen LogP contribution in [0.1, 0.15) is 50.2 Å². The zero-order valence-corrected chi connectivity index (χ0v) is 14.6. The molecule has 0 aliphatic rings. The van der Waals surface area contributed by atoms with Gasteiger partial charge in [0.25, 0.3) is 5.91 Å². The van der Waals surface area contributed by atoms with Gasteiger partial charge in [-0.05, 0) is 45.1 Å². The summed E-state index contributed by atoms with van der Waals surface area (Å²) >= 11 is 1.75. The van der Waals surface area contributed by atoms with Gasteiger partial charge in [-0.2, -0.15) is 11.8 Å². The summed E-state index contributed by atoms with van der Waals surface area (Å²) in [7, 11) is 0. The van der Waals surface area contributed by atoms with Crippen LogP contribution in [-0.2, 0) is 6.42 Å². The van der Waals surface area contributed by atoms with E-state index in [1.165, 1.54) is 0 Å². The number of hydrogen-bond donors (Lipinski definition) is 2. The van der Waals surface area contributed by atoms with E-state index in [0.29, 0.717) is 12.1 Å². The zero-order chi connectivity index (χ0) is 15.9. The van der Waals surface area contributed by atoms with Gasteiger partial charge in [-0.1, -0.05) is 13.8 Å². The Morgan fingerprint density at radius 3 is 2.62 bits per heavy atom. The van der Waals surface area contributed by atoms with Crippen LogP contribution < -0.4 is 10.6 Å². The van der Waals surface area contributed by atoms with Gasteiger partial charge in [0.15, 0.2) is 0 Å². The van der Waals surface area contributed by atoms with Crippen LogP contribution >= 0.6 is 11.8 Å². The standard InChI is InChI=1S/C16H27N3OS/c1-6-8-17-14-10-12(9-13(7-2)19-14)15(20)18-11-16(3,4)21-5/h9-10H,6-8,11H2,1-5H3,(H,17,19)(H,18,20). The van der Waals surface area contributed by atoms with Gasteiger partial charge < -0.3 is 10.6 Å². The quantitative estimate of drug-likeness (QED) is 0.773. The summed E-state index contributed by atoms with van der Waals surface area (Å²) in [5, 5.41) is 6.26. The molecule has 0 saturated carbocycles. The molecule has 1 amide bonds. The molecule has 0 saturated heterocycles. The van der Waals surface area contributed by atoms with E-state index in [1.807, 2.05) is 19.1 Å². The second-order valence-corrected chi connectivity index (χ2v) is 7.17. The number of pyridine rings is 1. The Kier molecular flexibility index (Phi) is 7.02. The SMILES string of the molecule is CCCNc1cc(C(=O)NCC(C)(C)SC)cc(CC)n1. The van der Waals surface area contributed by atoms with Crippen molar-refractivity contribution in [3.8, 4) is 0 Å². The lowest BCUT2D eigenvalue weighted by atomic mass is 10.1. The van der Waals surface area contributed by atoms with Crippen molar-refractivity contribution in [2.24, 2.45) is 0 Å². The summed E-state index contributed by atoms with van der Waals surface area (Å²) in [6.07, 6.45) is 3.90. The number of hydrogen-bond acceptors (Lipinski definition) is 4. The van der Waals surface area contributed by atoms with Crippen molar-refractivity contribution in [3.05, 3.63) is 23.4 Å². The molecule has 0 radical (unpaired) electrons. The smallest absolute Gasteiger partial charge is 0.251 e. The van der Waals surface area contributed by atoms with E-state index in [4.69, 9.17) is 0 Å². The Bertz CT molecular complexity index is 475. The maximum atomic E-state index is 12.3. The number of amides is 1. The lowest BCUT2D eigenvalue weighted by Crippen LogP contribution is -2.36. The fourth-order valence-corrected chi connectivity index (χ4v) is 1.93. The predicted molar refractivity (Wildman–Crippen MR) is 92.3 cm³/mol. The van der Waals surface area contributed by atoms with Crippen LogP contribution in [0.15, 0.2) is 12.1 Å². The highest BCUT2D eigenvalue weighted by Crippen LogP contribution is 2.20. The molecule has 0 aliphatic carbocycles. The number of carbonyl (C=O) groups excluding carboxylic acids is 1. The minimum absolute atomic E-state index is 0.0335. The summed E-state index contributed by atoms with van der Waals surface area (Å²) in [5.41, 5.74) is 1.61. The van der Waals surface area contributed by atoms with Gasteiger partial charge in [-0.3, -0.25) is 4.79 Å². The Balaban J connectivity index is 2.82. The van der Waals surface area contributed by atoms with Gasteiger partial charge in [0.1, 0.15) is 5.82 Å². The van der Waals surface area contributed by atoms with Gasteiger partial charge in [0.2, 0.25) is 0 Å². The lowest BCUT2D eigenvalue weighted by Gasteiger charge is -2.22. The third-order valence-electron chi connectivity index (χ3n) is 3.29. The van der Waals surface area contributed by atoms with Crippen LogP contribution in [0, 0.1) is 0 Å².